The Bertz CT molecular complexity index is 660. The number of aliphatic hydroxyl groups excluding tert-OH is 1. The highest BCUT2D eigenvalue weighted by Crippen LogP contribution is 2.21. The molecule has 4 nitrogen and oxygen atoms in total. The standard InChI is InChI=1S/C18H22N2O2/c1-13(10-19-18(22)20-11-16(21)12-20)9-15-7-4-6-14-5-2-3-8-17(14)15/h2-8,13,16,21H,9-12H2,1H3,(H,19,22). The van der Waals surface area contributed by atoms with Crippen LogP contribution in [0.2, 0.25) is 0 Å². The van der Waals surface area contributed by atoms with E-state index in [1.54, 1.807) is 4.90 Å². The summed E-state index contributed by atoms with van der Waals surface area (Å²) in [5, 5.41) is 14.7. The van der Waals surface area contributed by atoms with Crippen molar-refractivity contribution in [2.45, 2.75) is 19.4 Å². The Morgan fingerprint density at radius 2 is 2.00 bits per heavy atom. The molecule has 1 fully saturated rings. The van der Waals surface area contributed by atoms with Crippen LogP contribution in [0.25, 0.3) is 10.8 Å². The summed E-state index contributed by atoms with van der Waals surface area (Å²) < 4.78 is 0. The van der Waals surface area contributed by atoms with Crippen molar-refractivity contribution in [2.75, 3.05) is 19.6 Å². The predicted octanol–water partition coefficient (Wildman–Crippen LogP) is 2.40. The topological polar surface area (TPSA) is 52.6 Å². The van der Waals surface area contributed by atoms with Gasteiger partial charge in [0.1, 0.15) is 0 Å². The van der Waals surface area contributed by atoms with E-state index in [0.29, 0.717) is 25.6 Å². The van der Waals surface area contributed by atoms with E-state index in [-0.39, 0.29) is 12.1 Å². The Hall–Kier alpha value is -2.07. The van der Waals surface area contributed by atoms with Crippen LogP contribution in [0.1, 0.15) is 12.5 Å². The summed E-state index contributed by atoms with van der Waals surface area (Å²) in [4.78, 5) is 13.5. The van der Waals surface area contributed by atoms with Gasteiger partial charge >= 0.3 is 6.03 Å². The molecule has 0 spiro atoms. The predicted molar refractivity (Wildman–Crippen MR) is 87.8 cm³/mol. The van der Waals surface area contributed by atoms with E-state index in [2.05, 4.69) is 54.7 Å². The minimum atomic E-state index is -0.348. The summed E-state index contributed by atoms with van der Waals surface area (Å²) in [6, 6.07) is 14.7. The first-order chi connectivity index (χ1) is 10.6. The SMILES string of the molecule is CC(CNC(=O)N1CC(O)C1)Cc1cccc2ccccc12. The van der Waals surface area contributed by atoms with Crippen LogP contribution in [-0.2, 0) is 6.42 Å². The van der Waals surface area contributed by atoms with Crippen LogP contribution in [0.5, 0.6) is 0 Å². The number of rotatable bonds is 4. The van der Waals surface area contributed by atoms with Gasteiger partial charge in [0, 0.05) is 6.54 Å². The van der Waals surface area contributed by atoms with Gasteiger partial charge in [-0.2, -0.15) is 0 Å². The minimum Gasteiger partial charge on any atom is -0.389 e. The Labute approximate surface area is 130 Å². The number of carbonyl (C=O) groups is 1. The summed E-state index contributed by atoms with van der Waals surface area (Å²) in [6.45, 7) is 3.69. The lowest BCUT2D eigenvalue weighted by Gasteiger charge is -2.35. The van der Waals surface area contributed by atoms with E-state index >= 15 is 0 Å². The summed E-state index contributed by atoms with van der Waals surface area (Å²) in [7, 11) is 0. The summed E-state index contributed by atoms with van der Waals surface area (Å²) in [6.07, 6.45) is 0.586. The van der Waals surface area contributed by atoms with E-state index in [1.165, 1.54) is 16.3 Å². The Kier molecular flexibility index (Phi) is 4.29. The number of β-amino-alcohol motifs (C(OH)–C–C–N with tert-alkyl or cyclic N) is 1. The second kappa shape index (κ2) is 6.36. The van der Waals surface area contributed by atoms with Crippen LogP contribution in [0.4, 0.5) is 4.79 Å². The number of urea groups is 1. The molecule has 0 bridgehead atoms. The van der Waals surface area contributed by atoms with Gasteiger partial charge in [-0.3, -0.25) is 0 Å². The van der Waals surface area contributed by atoms with Gasteiger partial charge in [-0.25, -0.2) is 4.79 Å². The van der Waals surface area contributed by atoms with Crippen LogP contribution in [-0.4, -0.2) is 41.8 Å². The van der Waals surface area contributed by atoms with Crippen LogP contribution in [0.15, 0.2) is 42.5 Å². The lowest BCUT2D eigenvalue weighted by Crippen LogP contribution is -2.57. The highest BCUT2D eigenvalue weighted by Gasteiger charge is 2.28. The molecule has 0 radical (unpaired) electrons. The first kappa shape index (κ1) is 14.9. The number of aliphatic hydroxyl groups is 1. The minimum absolute atomic E-state index is 0.0740. The summed E-state index contributed by atoms with van der Waals surface area (Å²) in [5.41, 5.74) is 1.32. The average molecular weight is 298 g/mol. The first-order valence-electron chi connectivity index (χ1n) is 7.81. The molecule has 3 rings (SSSR count). The maximum Gasteiger partial charge on any atom is 0.317 e. The molecule has 116 valence electrons. The van der Waals surface area contributed by atoms with Gasteiger partial charge in [-0.1, -0.05) is 49.4 Å². The van der Waals surface area contributed by atoms with Crippen molar-refractivity contribution in [1.82, 2.24) is 10.2 Å². The van der Waals surface area contributed by atoms with Crippen molar-refractivity contribution in [3.05, 3.63) is 48.0 Å². The normalized spacial score (nSPS) is 16.4. The first-order valence-corrected chi connectivity index (χ1v) is 7.81. The summed E-state index contributed by atoms with van der Waals surface area (Å²) >= 11 is 0. The lowest BCUT2D eigenvalue weighted by atomic mass is 9.96. The third kappa shape index (κ3) is 3.22. The molecule has 1 aliphatic heterocycles. The molecule has 22 heavy (non-hydrogen) atoms. The van der Waals surface area contributed by atoms with E-state index in [9.17, 15) is 9.90 Å². The number of benzene rings is 2. The summed E-state index contributed by atoms with van der Waals surface area (Å²) in [5.74, 6) is 0.362. The number of likely N-dealkylation sites (tertiary alicyclic amines) is 1. The molecule has 2 aromatic rings. The quantitative estimate of drug-likeness (QED) is 0.910. The van der Waals surface area contributed by atoms with Gasteiger partial charge in [-0.15, -0.1) is 0 Å². The fourth-order valence-electron chi connectivity index (χ4n) is 2.91. The lowest BCUT2D eigenvalue weighted by molar-refractivity contribution is 0.0264. The monoisotopic (exact) mass is 298 g/mol. The molecule has 0 aliphatic carbocycles. The molecule has 4 heteroatoms. The molecule has 1 heterocycles. The third-order valence-corrected chi connectivity index (χ3v) is 4.20. The number of amides is 2. The van der Waals surface area contributed by atoms with Crippen LogP contribution >= 0.6 is 0 Å². The zero-order valence-corrected chi connectivity index (χ0v) is 12.8. The number of nitrogens with zero attached hydrogens (tertiary/aromatic N) is 1. The van der Waals surface area contributed by atoms with Gasteiger partial charge in [-0.05, 0) is 28.7 Å². The second-order valence-corrected chi connectivity index (χ2v) is 6.19. The smallest absolute Gasteiger partial charge is 0.317 e. The molecular formula is C18H22N2O2. The fraction of sp³-hybridized carbons (Fsp3) is 0.389. The van der Waals surface area contributed by atoms with Gasteiger partial charge in [0.15, 0.2) is 0 Å². The van der Waals surface area contributed by atoms with E-state index in [1.807, 2.05) is 0 Å². The largest absolute Gasteiger partial charge is 0.389 e. The van der Waals surface area contributed by atoms with Crippen molar-refractivity contribution in [3.8, 4) is 0 Å². The average Bonchev–Trinajstić information content (AvgIpc) is 2.50. The van der Waals surface area contributed by atoms with Gasteiger partial charge in [0.2, 0.25) is 0 Å². The van der Waals surface area contributed by atoms with Crippen molar-refractivity contribution in [1.29, 1.82) is 0 Å². The fourth-order valence-corrected chi connectivity index (χ4v) is 2.91. The van der Waals surface area contributed by atoms with Crippen LogP contribution in [0.3, 0.4) is 0 Å². The zero-order valence-electron chi connectivity index (χ0n) is 12.8. The molecule has 2 N–H and O–H groups in total. The number of hydrogen-bond donors (Lipinski definition) is 2. The molecule has 0 saturated carbocycles. The van der Waals surface area contributed by atoms with Gasteiger partial charge < -0.3 is 15.3 Å². The van der Waals surface area contributed by atoms with E-state index in [0.717, 1.165) is 6.42 Å². The molecule has 2 amide bonds. The van der Waals surface area contributed by atoms with Crippen LogP contribution < -0.4 is 5.32 Å². The molecule has 0 aromatic heterocycles. The Balaban J connectivity index is 1.57. The van der Waals surface area contributed by atoms with Crippen molar-refractivity contribution in [2.24, 2.45) is 5.92 Å². The second-order valence-electron chi connectivity index (χ2n) is 6.19. The van der Waals surface area contributed by atoms with Crippen molar-refractivity contribution in [3.63, 3.8) is 0 Å². The maximum absolute atomic E-state index is 11.8. The highest BCUT2D eigenvalue weighted by molar-refractivity contribution is 5.85. The Morgan fingerprint density at radius 3 is 2.77 bits per heavy atom. The number of nitrogens with one attached hydrogen (secondary N) is 1. The van der Waals surface area contributed by atoms with E-state index in [4.69, 9.17) is 0 Å². The third-order valence-electron chi connectivity index (χ3n) is 4.20. The van der Waals surface area contributed by atoms with Crippen molar-refractivity contribution < 1.29 is 9.90 Å². The Morgan fingerprint density at radius 1 is 1.27 bits per heavy atom. The zero-order chi connectivity index (χ0) is 15.5. The molecule has 1 saturated heterocycles. The molecule has 1 aliphatic rings. The molecule has 2 aromatic carbocycles. The number of carbonyl (C=O) groups excluding carboxylic acids is 1. The van der Waals surface area contributed by atoms with E-state index < -0.39 is 0 Å². The van der Waals surface area contributed by atoms with Crippen molar-refractivity contribution >= 4 is 16.8 Å². The number of hydrogen-bond acceptors (Lipinski definition) is 2. The molecule has 1 atom stereocenters. The van der Waals surface area contributed by atoms with Gasteiger partial charge in [0.05, 0.1) is 19.2 Å². The van der Waals surface area contributed by atoms with Crippen LogP contribution in [0, 0.1) is 5.92 Å². The number of fused-ring (bicyclic) bond motifs is 1. The molecular weight excluding hydrogens is 276 g/mol. The maximum atomic E-state index is 11.8. The highest BCUT2D eigenvalue weighted by atomic mass is 16.3. The van der Waals surface area contributed by atoms with Gasteiger partial charge in [0.25, 0.3) is 0 Å². The molecule has 1 unspecified atom stereocenters.